The number of urea groups is 1. The Balaban J connectivity index is 1.95. The van der Waals surface area contributed by atoms with Crippen molar-refractivity contribution >= 4 is 35.1 Å². The summed E-state index contributed by atoms with van der Waals surface area (Å²) in [5.41, 5.74) is -0.639. The van der Waals surface area contributed by atoms with Crippen LogP contribution in [0.3, 0.4) is 0 Å². The van der Waals surface area contributed by atoms with Crippen LogP contribution >= 0.6 is 23.2 Å². The fourth-order valence-corrected chi connectivity index (χ4v) is 3.31. The van der Waals surface area contributed by atoms with Gasteiger partial charge in [-0.05, 0) is 25.1 Å². The standard InChI is InChI=1S/C17H13Cl2FN2O2/c1-17(12-7-6-11(18)8-13(12)19)15(23)22(16(24)21-17)9-10-4-2-3-5-14(10)20/h2-8H,9H2,1H3,(H,21,24)/t17-/m0/s1. The molecule has 0 aromatic heterocycles. The minimum Gasteiger partial charge on any atom is -0.319 e. The van der Waals surface area contributed by atoms with E-state index in [1.165, 1.54) is 18.2 Å². The maximum absolute atomic E-state index is 13.8. The van der Waals surface area contributed by atoms with Gasteiger partial charge in [0.15, 0.2) is 0 Å². The lowest BCUT2D eigenvalue weighted by molar-refractivity contribution is -0.131. The average molecular weight is 367 g/mol. The summed E-state index contributed by atoms with van der Waals surface area (Å²) in [7, 11) is 0. The van der Waals surface area contributed by atoms with Crippen LogP contribution in [0.5, 0.6) is 0 Å². The van der Waals surface area contributed by atoms with Crippen LogP contribution in [0.4, 0.5) is 9.18 Å². The Labute approximate surface area is 148 Å². The highest BCUT2D eigenvalue weighted by Gasteiger charge is 2.49. The van der Waals surface area contributed by atoms with Crippen molar-refractivity contribution in [1.82, 2.24) is 10.2 Å². The molecule has 2 aromatic carbocycles. The number of halogens is 3. The zero-order valence-electron chi connectivity index (χ0n) is 12.6. The Morgan fingerprint density at radius 3 is 2.54 bits per heavy atom. The van der Waals surface area contributed by atoms with E-state index < -0.39 is 23.3 Å². The van der Waals surface area contributed by atoms with E-state index in [0.29, 0.717) is 10.6 Å². The molecule has 2 aromatic rings. The summed E-state index contributed by atoms with van der Waals surface area (Å²) in [5, 5.41) is 3.33. The van der Waals surface area contributed by atoms with E-state index in [2.05, 4.69) is 5.32 Å². The topological polar surface area (TPSA) is 49.4 Å². The predicted molar refractivity (Wildman–Crippen MR) is 89.3 cm³/mol. The van der Waals surface area contributed by atoms with Gasteiger partial charge in [-0.25, -0.2) is 9.18 Å². The third-order valence-electron chi connectivity index (χ3n) is 4.03. The van der Waals surface area contributed by atoms with Crippen LogP contribution in [0.1, 0.15) is 18.1 Å². The van der Waals surface area contributed by atoms with Gasteiger partial charge in [-0.2, -0.15) is 0 Å². The molecule has 3 rings (SSSR count). The molecule has 1 N–H and O–H groups in total. The maximum Gasteiger partial charge on any atom is 0.325 e. The third kappa shape index (κ3) is 2.74. The van der Waals surface area contributed by atoms with Gasteiger partial charge < -0.3 is 5.32 Å². The van der Waals surface area contributed by atoms with Gasteiger partial charge in [-0.15, -0.1) is 0 Å². The highest BCUT2D eigenvalue weighted by atomic mass is 35.5. The van der Waals surface area contributed by atoms with Crippen LogP contribution in [0.25, 0.3) is 0 Å². The summed E-state index contributed by atoms with van der Waals surface area (Å²) in [5.74, 6) is -0.976. The highest BCUT2D eigenvalue weighted by Crippen LogP contribution is 2.35. The molecule has 1 atom stereocenters. The second-order valence-electron chi connectivity index (χ2n) is 5.66. The van der Waals surface area contributed by atoms with E-state index in [0.717, 1.165) is 4.90 Å². The number of benzene rings is 2. The van der Waals surface area contributed by atoms with Crippen LogP contribution in [0, 0.1) is 5.82 Å². The number of imide groups is 1. The number of amides is 3. The van der Waals surface area contributed by atoms with Crippen LogP contribution in [-0.4, -0.2) is 16.8 Å². The Morgan fingerprint density at radius 1 is 1.17 bits per heavy atom. The zero-order chi connectivity index (χ0) is 17.5. The second-order valence-corrected chi connectivity index (χ2v) is 6.51. The number of rotatable bonds is 3. The molecule has 24 heavy (non-hydrogen) atoms. The molecule has 1 saturated heterocycles. The van der Waals surface area contributed by atoms with Gasteiger partial charge in [-0.3, -0.25) is 9.69 Å². The summed E-state index contributed by atoms with van der Waals surface area (Å²) < 4.78 is 13.8. The van der Waals surface area contributed by atoms with Gasteiger partial charge >= 0.3 is 6.03 Å². The normalized spacial score (nSPS) is 20.4. The number of nitrogens with one attached hydrogen (secondary N) is 1. The molecule has 0 bridgehead atoms. The van der Waals surface area contributed by atoms with Gasteiger partial charge in [0, 0.05) is 21.2 Å². The number of hydrogen-bond acceptors (Lipinski definition) is 2. The minimum absolute atomic E-state index is 0.155. The Kier molecular flexibility index (Phi) is 4.24. The lowest BCUT2D eigenvalue weighted by atomic mass is 9.92. The van der Waals surface area contributed by atoms with Crippen molar-refractivity contribution in [3.63, 3.8) is 0 Å². The van der Waals surface area contributed by atoms with Crippen molar-refractivity contribution in [2.75, 3.05) is 0 Å². The number of carbonyl (C=O) groups excluding carboxylic acids is 2. The van der Waals surface area contributed by atoms with Crippen molar-refractivity contribution in [3.8, 4) is 0 Å². The molecule has 0 saturated carbocycles. The van der Waals surface area contributed by atoms with E-state index in [-0.39, 0.29) is 17.1 Å². The fourth-order valence-electron chi connectivity index (χ4n) is 2.72. The quantitative estimate of drug-likeness (QED) is 0.831. The largest absolute Gasteiger partial charge is 0.325 e. The Bertz CT molecular complexity index is 843. The van der Waals surface area contributed by atoms with Crippen LogP contribution < -0.4 is 5.32 Å². The van der Waals surface area contributed by atoms with Crippen LogP contribution in [0.15, 0.2) is 42.5 Å². The first-order valence-corrected chi connectivity index (χ1v) is 7.91. The molecule has 1 aliphatic rings. The summed E-state index contributed by atoms with van der Waals surface area (Å²) in [6.45, 7) is 1.40. The van der Waals surface area contributed by atoms with Crippen molar-refractivity contribution in [1.29, 1.82) is 0 Å². The molecule has 0 unspecified atom stereocenters. The van der Waals surface area contributed by atoms with E-state index in [1.54, 1.807) is 31.2 Å². The monoisotopic (exact) mass is 366 g/mol. The van der Waals surface area contributed by atoms with E-state index >= 15 is 0 Å². The molecule has 124 valence electrons. The number of hydrogen-bond donors (Lipinski definition) is 1. The molecule has 0 radical (unpaired) electrons. The molecule has 0 aliphatic carbocycles. The lowest BCUT2D eigenvalue weighted by Crippen LogP contribution is -2.41. The van der Waals surface area contributed by atoms with Crippen molar-refractivity contribution in [2.24, 2.45) is 0 Å². The zero-order valence-corrected chi connectivity index (χ0v) is 14.2. The molecule has 1 aliphatic heterocycles. The van der Waals surface area contributed by atoms with Gasteiger partial charge in [0.05, 0.1) is 6.54 Å². The van der Waals surface area contributed by atoms with Crippen LogP contribution in [-0.2, 0) is 16.9 Å². The fraction of sp³-hybridized carbons (Fsp3) is 0.176. The van der Waals surface area contributed by atoms with E-state index in [4.69, 9.17) is 23.2 Å². The molecule has 4 nitrogen and oxygen atoms in total. The molecule has 7 heteroatoms. The molecule has 1 heterocycles. The summed E-state index contributed by atoms with van der Waals surface area (Å²) in [6, 6.07) is 10.1. The molecular formula is C17H13Cl2FN2O2. The first kappa shape index (κ1) is 16.7. The first-order chi connectivity index (χ1) is 11.3. The Morgan fingerprint density at radius 2 is 1.88 bits per heavy atom. The van der Waals surface area contributed by atoms with Crippen molar-refractivity contribution < 1.29 is 14.0 Å². The molecular weight excluding hydrogens is 354 g/mol. The summed E-state index contributed by atoms with van der Waals surface area (Å²) in [6.07, 6.45) is 0. The third-order valence-corrected chi connectivity index (χ3v) is 4.58. The number of nitrogens with zero attached hydrogens (tertiary/aromatic N) is 1. The minimum atomic E-state index is -1.33. The van der Waals surface area contributed by atoms with Crippen molar-refractivity contribution in [2.45, 2.75) is 19.0 Å². The SMILES string of the molecule is C[C@@]1(c2ccc(Cl)cc2Cl)NC(=O)N(Cc2ccccc2F)C1=O. The van der Waals surface area contributed by atoms with E-state index in [9.17, 15) is 14.0 Å². The van der Waals surface area contributed by atoms with E-state index in [1.807, 2.05) is 0 Å². The average Bonchev–Trinajstić information content (AvgIpc) is 2.73. The Hall–Kier alpha value is -2.11. The summed E-state index contributed by atoms with van der Waals surface area (Å²) in [4.78, 5) is 26.1. The van der Waals surface area contributed by atoms with Crippen molar-refractivity contribution in [3.05, 3.63) is 69.5 Å². The van der Waals surface area contributed by atoms with Gasteiger partial charge in [0.25, 0.3) is 5.91 Å². The van der Waals surface area contributed by atoms with Crippen LogP contribution in [0.2, 0.25) is 10.0 Å². The smallest absolute Gasteiger partial charge is 0.319 e. The second kappa shape index (κ2) is 6.07. The summed E-state index contributed by atoms with van der Waals surface area (Å²) >= 11 is 12.1. The van der Waals surface area contributed by atoms with Gasteiger partial charge in [-0.1, -0.05) is 47.5 Å². The maximum atomic E-state index is 13.8. The lowest BCUT2D eigenvalue weighted by Gasteiger charge is -2.23. The molecule has 0 spiro atoms. The van der Waals surface area contributed by atoms with Gasteiger partial charge in [0.1, 0.15) is 11.4 Å². The molecule has 3 amide bonds. The van der Waals surface area contributed by atoms with Gasteiger partial charge in [0.2, 0.25) is 0 Å². The number of carbonyl (C=O) groups is 2. The first-order valence-electron chi connectivity index (χ1n) is 7.16. The predicted octanol–water partition coefficient (Wildman–Crippen LogP) is 4.10. The molecule has 1 fully saturated rings. The highest BCUT2D eigenvalue weighted by molar-refractivity contribution is 6.35.